The standard InChI is InChI=1S/C27H23ClFNO6/c1-3-35-18-9-5-15(6-10-18)25(32)23-24(16-7-12-21(31)22(13-16)36-4-2)30(27(34)26(23)33)17-8-11-20(29)19(28)14-17/h5-14,24,31-32H,3-4H2,1-2H3/b25-23+. The van der Waals surface area contributed by atoms with E-state index in [0.29, 0.717) is 23.5 Å². The van der Waals surface area contributed by atoms with Crippen LogP contribution in [0.25, 0.3) is 5.76 Å². The molecular formula is C27H23ClFNO6. The maximum absolute atomic E-state index is 13.9. The van der Waals surface area contributed by atoms with Gasteiger partial charge in [-0.25, -0.2) is 4.39 Å². The van der Waals surface area contributed by atoms with Crippen molar-refractivity contribution in [3.63, 3.8) is 0 Å². The molecule has 1 atom stereocenters. The number of aliphatic hydroxyl groups is 1. The third kappa shape index (κ3) is 4.59. The second-order valence-electron chi connectivity index (χ2n) is 7.89. The van der Waals surface area contributed by atoms with Gasteiger partial charge in [0.15, 0.2) is 11.5 Å². The van der Waals surface area contributed by atoms with Crippen LogP contribution < -0.4 is 14.4 Å². The van der Waals surface area contributed by atoms with Crippen LogP contribution in [0.15, 0.2) is 66.2 Å². The van der Waals surface area contributed by atoms with Gasteiger partial charge in [-0.05, 0) is 74.0 Å². The number of ketones is 1. The number of halogens is 2. The largest absolute Gasteiger partial charge is 0.507 e. The molecule has 7 nitrogen and oxygen atoms in total. The Labute approximate surface area is 212 Å². The Balaban J connectivity index is 1.92. The summed E-state index contributed by atoms with van der Waals surface area (Å²) in [5, 5.41) is 21.2. The van der Waals surface area contributed by atoms with Gasteiger partial charge in [0, 0.05) is 11.3 Å². The number of aliphatic hydroxyl groups excluding tert-OH is 1. The van der Waals surface area contributed by atoms with E-state index in [-0.39, 0.29) is 34.4 Å². The number of nitrogens with zero attached hydrogens (tertiary/aromatic N) is 1. The third-order valence-corrected chi connectivity index (χ3v) is 5.95. The number of phenolic OH excluding ortho intramolecular Hbond substituents is 1. The monoisotopic (exact) mass is 511 g/mol. The first-order valence-electron chi connectivity index (χ1n) is 11.2. The SMILES string of the molecule is CCOc1ccc(/C(O)=C2\C(=O)C(=O)N(c3ccc(F)c(Cl)c3)C2c2ccc(O)c(OCC)c2)cc1. The highest BCUT2D eigenvalue weighted by Crippen LogP contribution is 2.44. The number of Topliss-reactive ketones (excluding diaryl/α,β-unsaturated/α-hetero) is 1. The molecule has 3 aromatic carbocycles. The summed E-state index contributed by atoms with van der Waals surface area (Å²) in [4.78, 5) is 27.6. The molecule has 1 fully saturated rings. The van der Waals surface area contributed by atoms with Crippen molar-refractivity contribution in [2.75, 3.05) is 18.1 Å². The lowest BCUT2D eigenvalue weighted by Gasteiger charge is -2.26. The summed E-state index contributed by atoms with van der Waals surface area (Å²) in [6, 6.07) is 13.3. The van der Waals surface area contributed by atoms with Crippen molar-refractivity contribution in [3.8, 4) is 17.2 Å². The molecule has 1 unspecified atom stereocenters. The molecule has 0 spiro atoms. The molecule has 36 heavy (non-hydrogen) atoms. The van der Waals surface area contributed by atoms with Gasteiger partial charge in [-0.3, -0.25) is 14.5 Å². The molecule has 2 N–H and O–H groups in total. The normalized spacial score (nSPS) is 16.9. The lowest BCUT2D eigenvalue weighted by atomic mass is 9.94. The van der Waals surface area contributed by atoms with E-state index in [1.807, 2.05) is 6.92 Å². The van der Waals surface area contributed by atoms with E-state index in [1.54, 1.807) is 31.2 Å². The number of anilines is 1. The van der Waals surface area contributed by atoms with E-state index >= 15 is 0 Å². The van der Waals surface area contributed by atoms with E-state index in [0.717, 1.165) is 11.0 Å². The maximum atomic E-state index is 13.9. The Bertz CT molecular complexity index is 1350. The van der Waals surface area contributed by atoms with E-state index < -0.39 is 29.3 Å². The van der Waals surface area contributed by atoms with Crippen molar-refractivity contribution < 1.29 is 33.7 Å². The molecule has 186 valence electrons. The molecule has 1 amide bonds. The van der Waals surface area contributed by atoms with Crippen LogP contribution in [-0.4, -0.2) is 35.1 Å². The summed E-state index contributed by atoms with van der Waals surface area (Å²) in [6.45, 7) is 4.30. The molecule has 9 heteroatoms. The fraction of sp³-hybridized carbons (Fsp3) is 0.185. The van der Waals surface area contributed by atoms with Gasteiger partial charge >= 0.3 is 0 Å². The van der Waals surface area contributed by atoms with Gasteiger partial charge < -0.3 is 19.7 Å². The summed E-state index contributed by atoms with van der Waals surface area (Å²) in [6.07, 6.45) is 0. The summed E-state index contributed by atoms with van der Waals surface area (Å²) < 4.78 is 24.8. The van der Waals surface area contributed by atoms with E-state index in [1.165, 1.54) is 30.3 Å². The first kappa shape index (κ1) is 25.1. The van der Waals surface area contributed by atoms with Gasteiger partial charge in [-0.1, -0.05) is 17.7 Å². The fourth-order valence-corrected chi connectivity index (χ4v) is 4.23. The molecule has 3 aromatic rings. The van der Waals surface area contributed by atoms with Crippen LogP contribution in [0.2, 0.25) is 5.02 Å². The zero-order chi connectivity index (χ0) is 26.0. The Kier molecular flexibility index (Phi) is 7.17. The van der Waals surface area contributed by atoms with Crippen LogP contribution >= 0.6 is 11.6 Å². The van der Waals surface area contributed by atoms with Crippen LogP contribution in [-0.2, 0) is 9.59 Å². The predicted octanol–water partition coefficient (Wildman–Crippen LogP) is 5.61. The number of hydrogen-bond acceptors (Lipinski definition) is 6. The first-order valence-corrected chi connectivity index (χ1v) is 11.6. The number of rotatable bonds is 7. The number of benzene rings is 3. The number of hydrogen-bond donors (Lipinski definition) is 2. The molecule has 4 rings (SSSR count). The van der Waals surface area contributed by atoms with Gasteiger partial charge in [0.05, 0.1) is 29.9 Å². The Morgan fingerprint density at radius 2 is 1.69 bits per heavy atom. The molecule has 1 saturated heterocycles. The van der Waals surface area contributed by atoms with E-state index in [9.17, 15) is 24.2 Å². The van der Waals surface area contributed by atoms with E-state index in [2.05, 4.69) is 0 Å². The average Bonchev–Trinajstić information content (AvgIpc) is 3.13. The van der Waals surface area contributed by atoms with Crippen LogP contribution in [0.5, 0.6) is 17.2 Å². The lowest BCUT2D eigenvalue weighted by Crippen LogP contribution is -2.29. The fourth-order valence-electron chi connectivity index (χ4n) is 4.05. The topological polar surface area (TPSA) is 96.3 Å². The highest BCUT2D eigenvalue weighted by Gasteiger charge is 2.47. The number of carbonyl (C=O) groups is 2. The molecule has 0 saturated carbocycles. The van der Waals surface area contributed by atoms with Crippen molar-refractivity contribution >= 4 is 34.7 Å². The molecule has 0 aromatic heterocycles. The minimum absolute atomic E-state index is 0.131. The van der Waals surface area contributed by atoms with Gasteiger partial charge in [-0.2, -0.15) is 0 Å². The maximum Gasteiger partial charge on any atom is 0.300 e. The van der Waals surface area contributed by atoms with Crippen molar-refractivity contribution in [2.24, 2.45) is 0 Å². The van der Waals surface area contributed by atoms with Crippen molar-refractivity contribution in [1.29, 1.82) is 0 Å². The zero-order valence-electron chi connectivity index (χ0n) is 19.5. The Hall–Kier alpha value is -4.04. The molecule has 0 bridgehead atoms. The van der Waals surface area contributed by atoms with Crippen LogP contribution in [0.3, 0.4) is 0 Å². The van der Waals surface area contributed by atoms with Crippen LogP contribution in [0, 0.1) is 5.82 Å². The minimum atomic E-state index is -1.11. The molecule has 1 aliphatic rings. The quantitative estimate of drug-likeness (QED) is 0.243. The van der Waals surface area contributed by atoms with E-state index in [4.69, 9.17) is 21.1 Å². The Morgan fingerprint density at radius 1 is 1.00 bits per heavy atom. The zero-order valence-corrected chi connectivity index (χ0v) is 20.3. The summed E-state index contributed by atoms with van der Waals surface area (Å²) >= 11 is 5.97. The predicted molar refractivity (Wildman–Crippen MR) is 133 cm³/mol. The molecule has 0 radical (unpaired) electrons. The average molecular weight is 512 g/mol. The van der Waals surface area contributed by atoms with Crippen LogP contribution in [0.4, 0.5) is 10.1 Å². The van der Waals surface area contributed by atoms with Crippen molar-refractivity contribution in [2.45, 2.75) is 19.9 Å². The minimum Gasteiger partial charge on any atom is -0.507 e. The Morgan fingerprint density at radius 3 is 2.33 bits per heavy atom. The van der Waals surface area contributed by atoms with Gasteiger partial charge in [0.1, 0.15) is 17.3 Å². The summed E-state index contributed by atoms with van der Waals surface area (Å²) in [7, 11) is 0. The number of amides is 1. The first-order chi connectivity index (χ1) is 17.3. The second-order valence-corrected chi connectivity index (χ2v) is 8.29. The summed E-state index contributed by atoms with van der Waals surface area (Å²) in [5.74, 6) is -2.37. The van der Waals surface area contributed by atoms with Crippen LogP contribution in [0.1, 0.15) is 31.0 Å². The highest BCUT2D eigenvalue weighted by molar-refractivity contribution is 6.51. The second kappa shape index (κ2) is 10.3. The molecule has 1 heterocycles. The van der Waals surface area contributed by atoms with Gasteiger partial charge in [0.2, 0.25) is 0 Å². The smallest absolute Gasteiger partial charge is 0.300 e. The molecule has 0 aliphatic carbocycles. The van der Waals surface area contributed by atoms with Crippen molar-refractivity contribution in [3.05, 3.63) is 88.2 Å². The number of carbonyl (C=O) groups excluding carboxylic acids is 2. The van der Waals surface area contributed by atoms with Crippen molar-refractivity contribution in [1.82, 2.24) is 0 Å². The summed E-state index contributed by atoms with van der Waals surface area (Å²) in [5.41, 5.74) is 0.647. The molecular weight excluding hydrogens is 489 g/mol. The lowest BCUT2D eigenvalue weighted by molar-refractivity contribution is -0.132. The third-order valence-electron chi connectivity index (χ3n) is 5.66. The number of aromatic hydroxyl groups is 1. The highest BCUT2D eigenvalue weighted by atomic mass is 35.5. The van der Waals surface area contributed by atoms with Gasteiger partial charge in [0.25, 0.3) is 11.7 Å². The number of ether oxygens (including phenoxy) is 2. The molecule has 1 aliphatic heterocycles. The van der Waals surface area contributed by atoms with Gasteiger partial charge in [-0.15, -0.1) is 0 Å². The number of phenols is 1.